The zero-order valence-electron chi connectivity index (χ0n) is 15.0. The van der Waals surface area contributed by atoms with Crippen molar-refractivity contribution >= 4 is 11.7 Å². The van der Waals surface area contributed by atoms with Crippen LogP contribution >= 0.6 is 0 Å². The number of carbonyl (C=O) groups is 1. The second kappa shape index (κ2) is 8.48. The lowest BCUT2D eigenvalue weighted by molar-refractivity contribution is 0.0690. The fourth-order valence-electron chi connectivity index (χ4n) is 2.40. The van der Waals surface area contributed by atoms with E-state index in [-0.39, 0.29) is 11.9 Å². The van der Waals surface area contributed by atoms with Gasteiger partial charge in [-0.05, 0) is 44.9 Å². The average molecular weight is 325 g/mol. The van der Waals surface area contributed by atoms with Crippen LogP contribution in [0.3, 0.4) is 0 Å². The molecular formula is C20H27N3O. The second-order valence-electron chi connectivity index (χ2n) is 6.40. The van der Waals surface area contributed by atoms with Crippen molar-refractivity contribution in [1.29, 1.82) is 0 Å². The largest absolute Gasteiger partial charge is 0.368 e. The number of rotatable bonds is 7. The van der Waals surface area contributed by atoms with Gasteiger partial charge in [-0.25, -0.2) is 4.98 Å². The van der Waals surface area contributed by atoms with Gasteiger partial charge in [0.15, 0.2) is 0 Å². The first kappa shape index (κ1) is 18.0. The molecule has 0 spiro atoms. The lowest BCUT2D eigenvalue weighted by Gasteiger charge is -2.27. The van der Waals surface area contributed by atoms with Crippen molar-refractivity contribution in [3.8, 4) is 0 Å². The molecule has 24 heavy (non-hydrogen) atoms. The summed E-state index contributed by atoms with van der Waals surface area (Å²) in [5.74, 6) is 0.816. The van der Waals surface area contributed by atoms with Crippen LogP contribution in [0.15, 0.2) is 48.7 Å². The van der Waals surface area contributed by atoms with E-state index >= 15 is 0 Å². The summed E-state index contributed by atoms with van der Waals surface area (Å²) in [7, 11) is 0. The quantitative estimate of drug-likeness (QED) is 0.823. The summed E-state index contributed by atoms with van der Waals surface area (Å²) >= 11 is 0. The van der Waals surface area contributed by atoms with Crippen LogP contribution in [0.4, 0.5) is 5.82 Å². The van der Waals surface area contributed by atoms with Gasteiger partial charge in [0.05, 0.1) is 5.56 Å². The van der Waals surface area contributed by atoms with E-state index in [2.05, 4.69) is 24.1 Å². The zero-order chi connectivity index (χ0) is 17.5. The molecule has 1 amide bonds. The molecule has 0 saturated heterocycles. The van der Waals surface area contributed by atoms with Crippen molar-refractivity contribution in [3.63, 3.8) is 0 Å². The molecule has 0 fully saturated rings. The third-order valence-corrected chi connectivity index (χ3v) is 4.10. The molecule has 4 nitrogen and oxygen atoms in total. The van der Waals surface area contributed by atoms with E-state index in [0.717, 1.165) is 17.8 Å². The lowest BCUT2D eigenvalue weighted by Crippen LogP contribution is -2.36. The highest BCUT2D eigenvalue weighted by Gasteiger charge is 2.19. The number of hydrogen-bond donors (Lipinski definition) is 1. The predicted octanol–water partition coefficient (Wildman–Crippen LogP) is 4.34. The lowest BCUT2D eigenvalue weighted by atomic mass is 10.1. The minimum absolute atomic E-state index is 0.0106. The topological polar surface area (TPSA) is 45.2 Å². The number of pyridine rings is 1. The van der Waals surface area contributed by atoms with Crippen molar-refractivity contribution in [2.75, 3.05) is 5.32 Å². The summed E-state index contributed by atoms with van der Waals surface area (Å²) < 4.78 is 0. The van der Waals surface area contributed by atoms with Crippen LogP contribution in [-0.2, 0) is 6.54 Å². The Labute approximate surface area is 144 Å². The van der Waals surface area contributed by atoms with E-state index in [1.165, 1.54) is 0 Å². The second-order valence-corrected chi connectivity index (χ2v) is 6.40. The van der Waals surface area contributed by atoms with Gasteiger partial charge >= 0.3 is 0 Å². The monoisotopic (exact) mass is 325 g/mol. The third kappa shape index (κ3) is 4.82. The number of carbonyl (C=O) groups excluding carboxylic acids is 1. The van der Waals surface area contributed by atoms with Crippen LogP contribution < -0.4 is 5.32 Å². The fraction of sp³-hybridized carbons (Fsp3) is 0.400. The van der Waals surface area contributed by atoms with Crippen molar-refractivity contribution in [2.24, 2.45) is 0 Å². The van der Waals surface area contributed by atoms with Gasteiger partial charge in [-0.3, -0.25) is 4.79 Å². The van der Waals surface area contributed by atoms with Gasteiger partial charge in [-0.1, -0.05) is 37.3 Å². The molecule has 1 N–H and O–H groups in total. The van der Waals surface area contributed by atoms with E-state index in [1.54, 1.807) is 6.20 Å². The third-order valence-electron chi connectivity index (χ3n) is 4.10. The van der Waals surface area contributed by atoms with E-state index in [0.29, 0.717) is 18.2 Å². The average Bonchev–Trinajstić information content (AvgIpc) is 2.60. The van der Waals surface area contributed by atoms with E-state index in [4.69, 9.17) is 0 Å². The molecular weight excluding hydrogens is 298 g/mol. The molecule has 2 aromatic rings. The highest BCUT2D eigenvalue weighted by atomic mass is 16.2. The molecule has 1 unspecified atom stereocenters. The number of anilines is 1. The fourth-order valence-corrected chi connectivity index (χ4v) is 2.40. The molecule has 2 rings (SSSR count). The molecule has 1 heterocycles. The SMILES string of the molecule is CCC(C)Nc1ccc(C(=O)N(Cc2ccccc2)C(C)C)cn1. The molecule has 0 aliphatic rings. The molecule has 1 atom stereocenters. The van der Waals surface area contributed by atoms with Crippen molar-refractivity contribution in [1.82, 2.24) is 9.88 Å². The Morgan fingerprint density at radius 2 is 1.83 bits per heavy atom. The van der Waals surface area contributed by atoms with Crippen LogP contribution in [-0.4, -0.2) is 27.9 Å². The highest BCUT2D eigenvalue weighted by molar-refractivity contribution is 5.94. The molecule has 128 valence electrons. The summed E-state index contributed by atoms with van der Waals surface area (Å²) in [5, 5.41) is 3.31. The summed E-state index contributed by atoms with van der Waals surface area (Å²) in [6, 6.07) is 14.3. The van der Waals surface area contributed by atoms with Gasteiger partial charge in [0, 0.05) is 24.8 Å². The van der Waals surface area contributed by atoms with Gasteiger partial charge in [0.25, 0.3) is 5.91 Å². The van der Waals surface area contributed by atoms with Gasteiger partial charge in [-0.15, -0.1) is 0 Å². The number of hydrogen-bond acceptors (Lipinski definition) is 3. The molecule has 0 aliphatic carbocycles. The van der Waals surface area contributed by atoms with Crippen LogP contribution in [0.25, 0.3) is 0 Å². The maximum Gasteiger partial charge on any atom is 0.255 e. The first-order valence-electron chi connectivity index (χ1n) is 8.58. The van der Waals surface area contributed by atoms with Crippen LogP contribution in [0.5, 0.6) is 0 Å². The van der Waals surface area contributed by atoms with Crippen LogP contribution in [0.2, 0.25) is 0 Å². The Morgan fingerprint density at radius 3 is 2.38 bits per heavy atom. The molecule has 0 aliphatic heterocycles. The molecule has 0 saturated carbocycles. The Kier molecular flexibility index (Phi) is 6.36. The molecule has 0 bridgehead atoms. The number of nitrogens with one attached hydrogen (secondary N) is 1. The Morgan fingerprint density at radius 1 is 1.12 bits per heavy atom. The Balaban J connectivity index is 2.12. The van der Waals surface area contributed by atoms with Crippen molar-refractivity contribution in [2.45, 2.75) is 52.7 Å². The van der Waals surface area contributed by atoms with E-state index in [9.17, 15) is 4.79 Å². The Bertz CT molecular complexity index is 638. The van der Waals surface area contributed by atoms with Gasteiger partial charge < -0.3 is 10.2 Å². The first-order chi connectivity index (χ1) is 11.5. The smallest absolute Gasteiger partial charge is 0.255 e. The van der Waals surface area contributed by atoms with E-state index in [1.807, 2.05) is 61.2 Å². The Hall–Kier alpha value is -2.36. The van der Waals surface area contributed by atoms with Crippen molar-refractivity contribution in [3.05, 3.63) is 59.8 Å². The van der Waals surface area contributed by atoms with Gasteiger partial charge in [0.2, 0.25) is 0 Å². The predicted molar refractivity (Wildman–Crippen MR) is 99.1 cm³/mol. The number of benzene rings is 1. The van der Waals surface area contributed by atoms with Crippen LogP contribution in [0, 0.1) is 0 Å². The molecule has 1 aromatic heterocycles. The minimum Gasteiger partial charge on any atom is -0.368 e. The van der Waals surface area contributed by atoms with Gasteiger partial charge in [-0.2, -0.15) is 0 Å². The summed E-state index contributed by atoms with van der Waals surface area (Å²) in [5.41, 5.74) is 1.75. The maximum atomic E-state index is 12.8. The first-order valence-corrected chi connectivity index (χ1v) is 8.58. The normalized spacial score (nSPS) is 12.0. The standard InChI is InChI=1S/C20H27N3O/c1-5-16(4)22-19-12-11-18(13-21-19)20(24)23(15(2)3)14-17-9-7-6-8-10-17/h6-13,15-16H,5,14H2,1-4H3,(H,21,22). The summed E-state index contributed by atoms with van der Waals surface area (Å²) in [6.07, 6.45) is 2.69. The minimum atomic E-state index is 0.0106. The number of nitrogens with zero attached hydrogens (tertiary/aromatic N) is 2. The van der Waals surface area contributed by atoms with Crippen LogP contribution in [0.1, 0.15) is 50.0 Å². The molecule has 0 radical (unpaired) electrons. The van der Waals surface area contributed by atoms with E-state index < -0.39 is 0 Å². The summed E-state index contributed by atoms with van der Waals surface area (Å²) in [4.78, 5) is 19.1. The summed E-state index contributed by atoms with van der Waals surface area (Å²) in [6.45, 7) is 8.91. The zero-order valence-corrected chi connectivity index (χ0v) is 15.0. The van der Waals surface area contributed by atoms with Gasteiger partial charge in [0.1, 0.15) is 5.82 Å². The molecule has 1 aromatic carbocycles. The highest BCUT2D eigenvalue weighted by Crippen LogP contribution is 2.15. The number of amides is 1. The number of aromatic nitrogens is 1. The maximum absolute atomic E-state index is 12.8. The van der Waals surface area contributed by atoms with Crippen molar-refractivity contribution < 1.29 is 4.79 Å². The molecule has 4 heteroatoms.